The number of rotatable bonds is 3. The predicted octanol–water partition coefficient (Wildman–Crippen LogP) is 0.806. The lowest BCUT2D eigenvalue weighted by Crippen LogP contribution is -2.14. The molecule has 1 aliphatic carbocycles. The van der Waals surface area contributed by atoms with Gasteiger partial charge in [0, 0.05) is 18.5 Å². The molecule has 0 atom stereocenters. The van der Waals surface area contributed by atoms with E-state index in [9.17, 15) is 8.42 Å². The fraction of sp³-hybridized carbons (Fsp3) is 0.700. The van der Waals surface area contributed by atoms with Crippen LogP contribution in [0, 0.1) is 0 Å². The van der Waals surface area contributed by atoms with Crippen LogP contribution in [0.5, 0.6) is 0 Å². The Morgan fingerprint density at radius 1 is 1.40 bits per heavy atom. The molecule has 0 aliphatic heterocycles. The Morgan fingerprint density at radius 2 is 2.13 bits per heavy atom. The maximum absolute atomic E-state index is 11.1. The molecular weight excluding hydrogens is 212 g/mol. The summed E-state index contributed by atoms with van der Waals surface area (Å²) < 4.78 is 24.1. The van der Waals surface area contributed by atoms with Gasteiger partial charge in [0.05, 0.1) is 17.8 Å². The van der Waals surface area contributed by atoms with E-state index in [4.69, 9.17) is 0 Å². The molecule has 1 heterocycles. The zero-order chi connectivity index (χ0) is 10.9. The molecule has 15 heavy (non-hydrogen) atoms. The summed E-state index contributed by atoms with van der Waals surface area (Å²) in [6.07, 6.45) is 7.53. The van der Waals surface area contributed by atoms with Gasteiger partial charge in [-0.1, -0.05) is 0 Å². The number of imidazole rings is 1. The Labute approximate surface area is 90.2 Å². The second-order valence-electron chi connectivity index (χ2n) is 4.17. The Balaban J connectivity index is 2.12. The van der Waals surface area contributed by atoms with Crippen molar-refractivity contribution in [2.45, 2.75) is 32.2 Å². The number of sulfone groups is 1. The molecule has 0 radical (unpaired) electrons. The van der Waals surface area contributed by atoms with Gasteiger partial charge in [-0.3, -0.25) is 0 Å². The maximum atomic E-state index is 11.1. The molecule has 0 saturated carbocycles. The monoisotopic (exact) mass is 228 g/mol. The van der Waals surface area contributed by atoms with Crippen LogP contribution in [0.3, 0.4) is 0 Å². The molecular formula is C10H16N2O2S. The first-order valence-corrected chi connectivity index (χ1v) is 7.33. The molecule has 5 heteroatoms. The van der Waals surface area contributed by atoms with Crippen LogP contribution in [0.4, 0.5) is 0 Å². The Hall–Kier alpha value is -0.840. The first kappa shape index (κ1) is 10.7. The van der Waals surface area contributed by atoms with E-state index in [1.807, 2.05) is 4.57 Å². The van der Waals surface area contributed by atoms with Gasteiger partial charge < -0.3 is 4.57 Å². The van der Waals surface area contributed by atoms with Gasteiger partial charge in [-0.2, -0.15) is 0 Å². The lowest BCUT2D eigenvalue weighted by Gasteiger charge is -2.13. The number of fused-ring (bicyclic) bond motifs is 1. The minimum atomic E-state index is -2.88. The lowest BCUT2D eigenvalue weighted by atomic mass is 10.0. The normalized spacial score (nSPS) is 16.3. The largest absolute Gasteiger partial charge is 0.333 e. The van der Waals surface area contributed by atoms with E-state index in [1.54, 1.807) is 6.33 Å². The molecule has 0 saturated heterocycles. The van der Waals surface area contributed by atoms with E-state index >= 15 is 0 Å². The first-order valence-electron chi connectivity index (χ1n) is 5.27. The maximum Gasteiger partial charge on any atom is 0.149 e. The summed E-state index contributed by atoms with van der Waals surface area (Å²) in [5.74, 6) is 0.204. The third-order valence-electron chi connectivity index (χ3n) is 2.81. The molecule has 0 fully saturated rings. The number of hydrogen-bond donors (Lipinski definition) is 0. The van der Waals surface area contributed by atoms with Gasteiger partial charge in [0.25, 0.3) is 0 Å². The molecule has 0 unspecified atom stereocenters. The fourth-order valence-corrected chi connectivity index (χ4v) is 2.52. The summed E-state index contributed by atoms with van der Waals surface area (Å²) in [5.41, 5.74) is 2.40. The predicted molar refractivity (Wildman–Crippen MR) is 58.6 cm³/mol. The molecule has 1 aliphatic rings. The van der Waals surface area contributed by atoms with Crippen LogP contribution >= 0.6 is 0 Å². The van der Waals surface area contributed by atoms with E-state index in [2.05, 4.69) is 4.98 Å². The summed E-state index contributed by atoms with van der Waals surface area (Å²) in [6.45, 7) is 0.543. The molecule has 1 aromatic heterocycles. The van der Waals surface area contributed by atoms with Crippen molar-refractivity contribution in [3.8, 4) is 0 Å². The highest BCUT2D eigenvalue weighted by Gasteiger charge is 2.15. The van der Waals surface area contributed by atoms with Gasteiger partial charge in [-0.25, -0.2) is 13.4 Å². The summed E-state index contributed by atoms with van der Waals surface area (Å²) in [4.78, 5) is 4.33. The average Bonchev–Trinajstić information content (AvgIpc) is 2.57. The van der Waals surface area contributed by atoms with Gasteiger partial charge in [0.15, 0.2) is 0 Å². The molecule has 4 nitrogen and oxygen atoms in total. The number of hydrogen-bond acceptors (Lipinski definition) is 3. The van der Waals surface area contributed by atoms with Crippen molar-refractivity contribution < 1.29 is 8.42 Å². The number of nitrogens with zero attached hydrogens (tertiary/aromatic N) is 2. The second kappa shape index (κ2) is 3.96. The molecule has 0 spiro atoms. The van der Waals surface area contributed by atoms with E-state index < -0.39 is 9.84 Å². The SMILES string of the molecule is CS(=O)(=O)CCn1cnc2c1CCCC2. The summed E-state index contributed by atoms with van der Waals surface area (Å²) in [6, 6.07) is 0. The van der Waals surface area contributed by atoms with E-state index in [0.717, 1.165) is 18.5 Å². The van der Waals surface area contributed by atoms with Crippen LogP contribution < -0.4 is 0 Å². The standard InChI is InChI=1S/C10H16N2O2S/c1-15(13,14)7-6-12-8-11-9-4-2-3-5-10(9)12/h8H,2-7H2,1H3. The van der Waals surface area contributed by atoms with Crippen LogP contribution in [-0.2, 0) is 29.2 Å². The van der Waals surface area contributed by atoms with Crippen molar-refractivity contribution in [2.24, 2.45) is 0 Å². The van der Waals surface area contributed by atoms with Crippen molar-refractivity contribution >= 4 is 9.84 Å². The van der Waals surface area contributed by atoms with Gasteiger partial charge >= 0.3 is 0 Å². The highest BCUT2D eigenvalue weighted by Crippen LogP contribution is 2.19. The Bertz CT molecular complexity index is 448. The summed E-state index contributed by atoms with van der Waals surface area (Å²) in [5, 5.41) is 0. The quantitative estimate of drug-likeness (QED) is 0.769. The Kier molecular flexibility index (Phi) is 2.82. The highest BCUT2D eigenvalue weighted by molar-refractivity contribution is 7.90. The average molecular weight is 228 g/mol. The third-order valence-corrected chi connectivity index (χ3v) is 3.74. The molecule has 0 bridgehead atoms. The first-order chi connectivity index (χ1) is 7.06. The van der Waals surface area contributed by atoms with Gasteiger partial charge in [-0.05, 0) is 25.7 Å². The zero-order valence-electron chi connectivity index (χ0n) is 8.94. The lowest BCUT2D eigenvalue weighted by molar-refractivity contribution is 0.586. The molecule has 0 aromatic carbocycles. The molecule has 1 aromatic rings. The van der Waals surface area contributed by atoms with Gasteiger partial charge in [0.2, 0.25) is 0 Å². The van der Waals surface area contributed by atoms with Crippen LogP contribution in [0.1, 0.15) is 24.2 Å². The van der Waals surface area contributed by atoms with Crippen LogP contribution in [0.15, 0.2) is 6.33 Å². The zero-order valence-corrected chi connectivity index (χ0v) is 9.76. The van der Waals surface area contributed by atoms with Crippen molar-refractivity contribution in [2.75, 3.05) is 12.0 Å². The van der Waals surface area contributed by atoms with Crippen LogP contribution in [0.2, 0.25) is 0 Å². The van der Waals surface area contributed by atoms with E-state index in [1.165, 1.54) is 24.8 Å². The highest BCUT2D eigenvalue weighted by atomic mass is 32.2. The molecule has 0 N–H and O–H groups in total. The van der Waals surface area contributed by atoms with Crippen molar-refractivity contribution in [3.05, 3.63) is 17.7 Å². The van der Waals surface area contributed by atoms with Gasteiger partial charge in [0.1, 0.15) is 9.84 Å². The van der Waals surface area contributed by atoms with Crippen molar-refractivity contribution in [3.63, 3.8) is 0 Å². The summed E-state index contributed by atoms with van der Waals surface area (Å²) >= 11 is 0. The molecule has 0 amide bonds. The van der Waals surface area contributed by atoms with Crippen LogP contribution in [0.25, 0.3) is 0 Å². The molecule has 84 valence electrons. The topological polar surface area (TPSA) is 52.0 Å². The minimum absolute atomic E-state index is 0.204. The van der Waals surface area contributed by atoms with Crippen molar-refractivity contribution in [1.82, 2.24) is 9.55 Å². The van der Waals surface area contributed by atoms with Gasteiger partial charge in [-0.15, -0.1) is 0 Å². The van der Waals surface area contributed by atoms with Crippen LogP contribution in [-0.4, -0.2) is 30.0 Å². The Morgan fingerprint density at radius 3 is 2.87 bits per heavy atom. The fourth-order valence-electron chi connectivity index (χ4n) is 1.99. The minimum Gasteiger partial charge on any atom is -0.333 e. The van der Waals surface area contributed by atoms with E-state index in [-0.39, 0.29) is 5.75 Å². The summed E-state index contributed by atoms with van der Waals surface area (Å²) in [7, 11) is -2.88. The molecule has 2 rings (SSSR count). The number of aromatic nitrogens is 2. The van der Waals surface area contributed by atoms with E-state index in [0.29, 0.717) is 6.54 Å². The second-order valence-corrected chi connectivity index (χ2v) is 6.43. The number of aryl methyl sites for hydroxylation is 2. The van der Waals surface area contributed by atoms with Crippen molar-refractivity contribution in [1.29, 1.82) is 0 Å². The smallest absolute Gasteiger partial charge is 0.149 e. The third kappa shape index (κ3) is 2.59.